The lowest BCUT2D eigenvalue weighted by atomic mass is 10.1. The van der Waals surface area contributed by atoms with Crippen LogP contribution >= 0.6 is 23.4 Å². The Kier molecular flexibility index (Phi) is 4.96. The van der Waals surface area contributed by atoms with Crippen LogP contribution in [0, 0.1) is 0 Å². The maximum atomic E-state index is 6.09. The molecule has 1 aromatic heterocycles. The van der Waals surface area contributed by atoms with Crippen molar-refractivity contribution in [2.45, 2.75) is 50.8 Å². The van der Waals surface area contributed by atoms with Gasteiger partial charge in [0, 0.05) is 29.5 Å². The highest BCUT2D eigenvalue weighted by molar-refractivity contribution is 8.00. The maximum Gasteiger partial charge on any atom is 0.131 e. The predicted octanol–water partition coefficient (Wildman–Crippen LogP) is 3.67. The van der Waals surface area contributed by atoms with Crippen LogP contribution in [0.2, 0.25) is 0 Å². The third-order valence-corrected chi connectivity index (χ3v) is 5.29. The van der Waals surface area contributed by atoms with Gasteiger partial charge in [-0.2, -0.15) is 11.8 Å². The average Bonchev–Trinajstić information content (AvgIpc) is 2.41. The molecule has 0 bridgehead atoms. The summed E-state index contributed by atoms with van der Waals surface area (Å²) in [6.45, 7) is 9.81. The van der Waals surface area contributed by atoms with Gasteiger partial charge >= 0.3 is 0 Å². The van der Waals surface area contributed by atoms with E-state index in [0.29, 0.717) is 23.1 Å². The van der Waals surface area contributed by atoms with E-state index in [4.69, 9.17) is 11.6 Å². The molecule has 0 saturated carbocycles. The van der Waals surface area contributed by atoms with Gasteiger partial charge in [-0.15, -0.1) is 11.6 Å². The number of nitrogens with zero attached hydrogens (tertiary/aromatic N) is 3. The molecule has 2 rings (SSSR count). The maximum absolute atomic E-state index is 6.09. The zero-order valence-corrected chi connectivity index (χ0v) is 13.6. The van der Waals surface area contributed by atoms with E-state index in [1.165, 1.54) is 0 Å². The van der Waals surface area contributed by atoms with Crippen molar-refractivity contribution >= 4 is 29.1 Å². The third kappa shape index (κ3) is 3.16. The van der Waals surface area contributed by atoms with Gasteiger partial charge in [0.1, 0.15) is 5.82 Å². The second-order valence-electron chi connectivity index (χ2n) is 5.36. The van der Waals surface area contributed by atoms with Gasteiger partial charge in [-0.25, -0.2) is 9.97 Å². The number of hydrogen-bond acceptors (Lipinski definition) is 4. The predicted molar refractivity (Wildman–Crippen MR) is 84.4 cm³/mol. The third-order valence-electron chi connectivity index (χ3n) is 3.70. The molecule has 5 heteroatoms. The van der Waals surface area contributed by atoms with Crippen LogP contribution in [0.3, 0.4) is 0 Å². The molecule has 2 atom stereocenters. The molecule has 1 aliphatic heterocycles. The molecule has 3 nitrogen and oxygen atoms in total. The second-order valence-corrected chi connectivity index (χ2v) is 7.11. The smallest absolute Gasteiger partial charge is 0.131 e. The zero-order valence-electron chi connectivity index (χ0n) is 12.1. The number of thioether (sulfide) groups is 1. The van der Waals surface area contributed by atoms with Crippen LogP contribution in [0.4, 0.5) is 5.69 Å². The first-order chi connectivity index (χ1) is 9.04. The lowest BCUT2D eigenvalue weighted by Crippen LogP contribution is -2.45. The lowest BCUT2D eigenvalue weighted by molar-refractivity contribution is 0.620. The molecule has 1 fully saturated rings. The number of anilines is 1. The first kappa shape index (κ1) is 14.9. The van der Waals surface area contributed by atoms with E-state index >= 15 is 0 Å². The van der Waals surface area contributed by atoms with Crippen molar-refractivity contribution < 1.29 is 0 Å². The molecular formula is C14H22ClN3S. The first-order valence-electron chi connectivity index (χ1n) is 6.84. The monoisotopic (exact) mass is 299 g/mol. The van der Waals surface area contributed by atoms with E-state index in [1.807, 2.05) is 18.0 Å². The number of hydrogen-bond donors (Lipinski definition) is 0. The second kappa shape index (κ2) is 6.31. The SMILES string of the molecule is CC(C)c1ncc(N2CCSC(C)C2C)c(CCl)n1. The summed E-state index contributed by atoms with van der Waals surface area (Å²) in [7, 11) is 0. The zero-order chi connectivity index (χ0) is 14.0. The van der Waals surface area contributed by atoms with E-state index in [-0.39, 0.29) is 0 Å². The van der Waals surface area contributed by atoms with Gasteiger partial charge in [0.2, 0.25) is 0 Å². The molecule has 1 aliphatic rings. The van der Waals surface area contributed by atoms with Crippen molar-refractivity contribution in [1.82, 2.24) is 9.97 Å². The Balaban J connectivity index is 2.33. The van der Waals surface area contributed by atoms with Crippen LogP contribution in [-0.2, 0) is 5.88 Å². The van der Waals surface area contributed by atoms with Gasteiger partial charge in [-0.3, -0.25) is 0 Å². The van der Waals surface area contributed by atoms with E-state index in [2.05, 4.69) is 42.6 Å². The summed E-state index contributed by atoms with van der Waals surface area (Å²) in [6, 6.07) is 0.495. The molecule has 1 aromatic rings. The summed E-state index contributed by atoms with van der Waals surface area (Å²) in [5.41, 5.74) is 2.07. The first-order valence-corrected chi connectivity index (χ1v) is 8.43. The standard InChI is InChI=1S/C14H22ClN3S/c1-9(2)14-16-8-13(12(7-15)17-14)18-5-6-19-11(4)10(18)3/h8-11H,5-7H2,1-4H3. The van der Waals surface area contributed by atoms with Gasteiger partial charge in [0.05, 0.1) is 23.5 Å². The Bertz CT molecular complexity index is 439. The fourth-order valence-electron chi connectivity index (χ4n) is 2.32. The molecule has 0 radical (unpaired) electrons. The summed E-state index contributed by atoms with van der Waals surface area (Å²) in [6.07, 6.45) is 1.96. The molecule has 2 heterocycles. The van der Waals surface area contributed by atoms with Crippen molar-refractivity contribution in [2.24, 2.45) is 0 Å². The molecule has 2 unspecified atom stereocenters. The number of rotatable bonds is 3. The summed E-state index contributed by atoms with van der Waals surface area (Å²) in [5, 5.41) is 0.627. The quantitative estimate of drug-likeness (QED) is 0.796. The van der Waals surface area contributed by atoms with E-state index in [0.717, 1.165) is 29.5 Å². The normalized spacial score (nSPS) is 24.0. The van der Waals surface area contributed by atoms with Crippen molar-refractivity contribution in [3.05, 3.63) is 17.7 Å². The number of alkyl halides is 1. The van der Waals surface area contributed by atoms with Crippen LogP contribution in [0.5, 0.6) is 0 Å². The fourth-order valence-corrected chi connectivity index (χ4v) is 3.61. The highest BCUT2D eigenvalue weighted by Gasteiger charge is 2.27. The summed E-state index contributed by atoms with van der Waals surface area (Å²) in [5.74, 6) is 2.82. The molecule has 19 heavy (non-hydrogen) atoms. The number of halogens is 1. The highest BCUT2D eigenvalue weighted by atomic mass is 35.5. The van der Waals surface area contributed by atoms with Crippen LogP contribution in [-0.4, -0.2) is 33.6 Å². The van der Waals surface area contributed by atoms with Crippen molar-refractivity contribution in [2.75, 3.05) is 17.2 Å². The Morgan fingerprint density at radius 1 is 1.47 bits per heavy atom. The Hall–Kier alpha value is -0.480. The Morgan fingerprint density at radius 2 is 2.21 bits per heavy atom. The van der Waals surface area contributed by atoms with Crippen molar-refractivity contribution in [3.8, 4) is 0 Å². The minimum absolute atomic E-state index is 0.337. The largest absolute Gasteiger partial charge is 0.364 e. The molecule has 0 amide bonds. The molecule has 0 aromatic carbocycles. The minimum Gasteiger partial charge on any atom is -0.364 e. The average molecular weight is 300 g/mol. The molecule has 106 valence electrons. The van der Waals surface area contributed by atoms with E-state index in [1.54, 1.807) is 0 Å². The van der Waals surface area contributed by atoms with E-state index < -0.39 is 0 Å². The van der Waals surface area contributed by atoms with Gasteiger partial charge in [0.15, 0.2) is 0 Å². The fraction of sp³-hybridized carbons (Fsp3) is 0.714. The van der Waals surface area contributed by atoms with Crippen LogP contribution in [0.1, 0.15) is 45.1 Å². The Labute approximate surface area is 125 Å². The topological polar surface area (TPSA) is 29.0 Å². The van der Waals surface area contributed by atoms with Gasteiger partial charge in [0.25, 0.3) is 0 Å². The molecular weight excluding hydrogens is 278 g/mol. The molecule has 0 spiro atoms. The highest BCUT2D eigenvalue weighted by Crippen LogP contribution is 2.31. The molecule has 0 aliphatic carbocycles. The number of aromatic nitrogens is 2. The van der Waals surface area contributed by atoms with Gasteiger partial charge in [-0.1, -0.05) is 20.8 Å². The summed E-state index contributed by atoms with van der Waals surface area (Å²) < 4.78 is 0. The van der Waals surface area contributed by atoms with Crippen LogP contribution in [0.25, 0.3) is 0 Å². The van der Waals surface area contributed by atoms with Gasteiger partial charge < -0.3 is 4.90 Å². The molecule has 1 saturated heterocycles. The van der Waals surface area contributed by atoms with Crippen LogP contribution in [0.15, 0.2) is 6.20 Å². The lowest BCUT2D eigenvalue weighted by Gasteiger charge is -2.39. The molecule has 0 N–H and O–H groups in total. The van der Waals surface area contributed by atoms with Crippen molar-refractivity contribution in [3.63, 3.8) is 0 Å². The minimum atomic E-state index is 0.337. The van der Waals surface area contributed by atoms with Crippen LogP contribution < -0.4 is 4.90 Å². The van der Waals surface area contributed by atoms with Gasteiger partial charge in [-0.05, 0) is 6.92 Å². The van der Waals surface area contributed by atoms with E-state index in [9.17, 15) is 0 Å². The van der Waals surface area contributed by atoms with Crippen molar-refractivity contribution in [1.29, 1.82) is 0 Å². The summed E-state index contributed by atoms with van der Waals surface area (Å²) in [4.78, 5) is 11.5. The summed E-state index contributed by atoms with van der Waals surface area (Å²) >= 11 is 8.12. The Morgan fingerprint density at radius 3 is 2.84 bits per heavy atom.